The molecule has 3 aromatic rings. The maximum atomic E-state index is 9.71. The van der Waals surface area contributed by atoms with E-state index in [9.17, 15) is 10.5 Å². The van der Waals surface area contributed by atoms with Crippen LogP contribution < -0.4 is 0 Å². The van der Waals surface area contributed by atoms with Crippen molar-refractivity contribution in [1.82, 2.24) is 0 Å². The van der Waals surface area contributed by atoms with E-state index in [1.54, 1.807) is 0 Å². The largest absolute Gasteiger partial charge is 0.192 e. The Morgan fingerprint density at radius 2 is 0.964 bits per heavy atom. The molecule has 0 fully saturated rings. The first-order chi connectivity index (χ1) is 13.6. The minimum atomic E-state index is 0.605. The molecule has 0 amide bonds. The maximum absolute atomic E-state index is 9.71. The van der Waals surface area contributed by atoms with Gasteiger partial charge in [-0.3, -0.25) is 0 Å². The first-order valence-corrected chi connectivity index (χ1v) is 9.08. The standard InChI is InChI=1S/C26H20N2/c1-19-9-3-7-13-25(19)23(17-27)15-21-11-5-6-12-22(21)16-24(18-28)26-14-8-4-10-20(26)2/h3-16H,1-2H3. The van der Waals surface area contributed by atoms with Crippen LogP contribution in [0.1, 0.15) is 33.4 Å². The second-order valence-corrected chi connectivity index (χ2v) is 6.60. The van der Waals surface area contributed by atoms with Crippen molar-refractivity contribution in [2.45, 2.75) is 13.8 Å². The summed E-state index contributed by atoms with van der Waals surface area (Å²) in [5.41, 5.74) is 6.97. The van der Waals surface area contributed by atoms with Crippen LogP contribution in [0.3, 0.4) is 0 Å². The molecule has 0 atom stereocenters. The Bertz CT molecular complexity index is 1060. The number of allylic oxidation sites excluding steroid dienone is 2. The molecule has 2 nitrogen and oxygen atoms in total. The molecule has 0 heterocycles. The molecule has 0 unspecified atom stereocenters. The number of aryl methyl sites for hydroxylation is 2. The Kier molecular flexibility index (Phi) is 5.85. The lowest BCUT2D eigenvalue weighted by molar-refractivity contribution is 1.42. The molecule has 0 aliphatic rings. The highest BCUT2D eigenvalue weighted by atomic mass is 14.3. The Morgan fingerprint density at radius 1 is 0.607 bits per heavy atom. The van der Waals surface area contributed by atoms with Crippen molar-refractivity contribution in [3.05, 3.63) is 106 Å². The molecule has 0 N–H and O–H groups in total. The Hall–Kier alpha value is -3.88. The predicted molar refractivity (Wildman–Crippen MR) is 116 cm³/mol. The second-order valence-electron chi connectivity index (χ2n) is 6.60. The molecule has 0 bridgehead atoms. The van der Waals surface area contributed by atoms with Crippen LogP contribution in [0.15, 0.2) is 72.8 Å². The Labute approximate surface area is 166 Å². The summed E-state index contributed by atoms with van der Waals surface area (Å²) < 4.78 is 0. The van der Waals surface area contributed by atoms with Crippen molar-refractivity contribution in [1.29, 1.82) is 10.5 Å². The highest BCUT2D eigenvalue weighted by Gasteiger charge is 2.08. The van der Waals surface area contributed by atoms with Crippen LogP contribution in [0.5, 0.6) is 0 Å². The van der Waals surface area contributed by atoms with Crippen LogP contribution in [-0.2, 0) is 0 Å². The number of benzene rings is 3. The molecule has 28 heavy (non-hydrogen) atoms. The van der Waals surface area contributed by atoms with E-state index in [0.29, 0.717) is 11.1 Å². The van der Waals surface area contributed by atoms with Gasteiger partial charge in [0.05, 0.1) is 23.3 Å². The number of hydrogen-bond acceptors (Lipinski definition) is 2. The quantitative estimate of drug-likeness (QED) is 0.397. The lowest BCUT2D eigenvalue weighted by Gasteiger charge is -2.08. The average molecular weight is 360 g/mol. The highest BCUT2D eigenvalue weighted by molar-refractivity contribution is 5.96. The van der Waals surface area contributed by atoms with Crippen LogP contribution in [0.2, 0.25) is 0 Å². The van der Waals surface area contributed by atoms with Gasteiger partial charge in [0.2, 0.25) is 0 Å². The van der Waals surface area contributed by atoms with Gasteiger partial charge in [0.15, 0.2) is 0 Å². The van der Waals surface area contributed by atoms with Gasteiger partial charge >= 0.3 is 0 Å². The summed E-state index contributed by atoms with van der Waals surface area (Å²) in [7, 11) is 0. The zero-order valence-electron chi connectivity index (χ0n) is 16.0. The normalized spacial score (nSPS) is 11.6. The van der Waals surface area contributed by atoms with Crippen LogP contribution in [0, 0.1) is 36.5 Å². The van der Waals surface area contributed by atoms with Gasteiger partial charge in [-0.2, -0.15) is 10.5 Å². The summed E-state index contributed by atoms with van der Waals surface area (Å²) in [4.78, 5) is 0. The van der Waals surface area contributed by atoms with Crippen molar-refractivity contribution in [3.8, 4) is 12.1 Å². The molecule has 0 aliphatic heterocycles. The average Bonchev–Trinajstić information content (AvgIpc) is 2.72. The minimum absolute atomic E-state index is 0.605. The molecule has 0 spiro atoms. The fourth-order valence-corrected chi connectivity index (χ4v) is 3.18. The van der Waals surface area contributed by atoms with E-state index >= 15 is 0 Å². The maximum Gasteiger partial charge on any atom is 0.0998 e. The van der Waals surface area contributed by atoms with Crippen LogP contribution in [0.25, 0.3) is 23.3 Å². The van der Waals surface area contributed by atoms with Gasteiger partial charge in [0, 0.05) is 0 Å². The number of rotatable bonds is 4. The first kappa shape index (κ1) is 18.9. The molecule has 0 aliphatic carbocycles. The summed E-state index contributed by atoms with van der Waals surface area (Å²) in [5, 5.41) is 19.4. The van der Waals surface area contributed by atoms with Crippen LogP contribution in [-0.4, -0.2) is 0 Å². The monoisotopic (exact) mass is 360 g/mol. The lowest BCUT2D eigenvalue weighted by atomic mass is 9.95. The highest BCUT2D eigenvalue weighted by Crippen LogP contribution is 2.26. The summed E-state index contributed by atoms with van der Waals surface area (Å²) in [5.74, 6) is 0. The molecule has 134 valence electrons. The zero-order valence-corrected chi connectivity index (χ0v) is 16.0. The second kappa shape index (κ2) is 8.67. The predicted octanol–water partition coefficient (Wildman–Crippen LogP) is 6.43. The summed E-state index contributed by atoms with van der Waals surface area (Å²) >= 11 is 0. The number of nitriles is 2. The summed E-state index contributed by atoms with van der Waals surface area (Å²) in [6.45, 7) is 4.00. The number of hydrogen-bond donors (Lipinski definition) is 0. The SMILES string of the molecule is Cc1ccccc1C(C#N)=Cc1ccccc1C=C(C#N)c1ccccc1C. The summed E-state index contributed by atoms with van der Waals surface area (Å²) in [6, 6.07) is 28.2. The molecule has 0 saturated carbocycles. The molecule has 2 heteroatoms. The molecule has 3 rings (SSSR count). The molecule has 0 radical (unpaired) electrons. The molecule has 3 aromatic carbocycles. The van der Waals surface area contributed by atoms with Gasteiger partial charge < -0.3 is 0 Å². The van der Waals surface area contributed by atoms with Crippen molar-refractivity contribution in [2.75, 3.05) is 0 Å². The van der Waals surface area contributed by atoms with Crippen molar-refractivity contribution < 1.29 is 0 Å². The Morgan fingerprint density at radius 3 is 1.32 bits per heavy atom. The number of nitrogens with zero attached hydrogens (tertiary/aromatic N) is 2. The van der Waals surface area contributed by atoms with Crippen LogP contribution in [0.4, 0.5) is 0 Å². The molecule has 0 saturated heterocycles. The first-order valence-electron chi connectivity index (χ1n) is 9.08. The van der Waals surface area contributed by atoms with Gasteiger partial charge in [-0.25, -0.2) is 0 Å². The molecular weight excluding hydrogens is 340 g/mol. The van der Waals surface area contributed by atoms with Gasteiger partial charge in [-0.15, -0.1) is 0 Å². The third kappa shape index (κ3) is 4.09. The van der Waals surface area contributed by atoms with Gasteiger partial charge in [-0.05, 0) is 59.4 Å². The van der Waals surface area contributed by atoms with Crippen molar-refractivity contribution in [3.63, 3.8) is 0 Å². The fraction of sp³-hybridized carbons (Fsp3) is 0.0769. The van der Waals surface area contributed by atoms with Crippen LogP contribution >= 0.6 is 0 Å². The van der Waals surface area contributed by atoms with E-state index in [4.69, 9.17) is 0 Å². The van der Waals surface area contributed by atoms with E-state index < -0.39 is 0 Å². The smallest absolute Gasteiger partial charge is 0.0998 e. The van der Waals surface area contributed by atoms with Crippen molar-refractivity contribution in [2.24, 2.45) is 0 Å². The summed E-state index contributed by atoms with van der Waals surface area (Å²) in [6.07, 6.45) is 3.78. The third-order valence-electron chi connectivity index (χ3n) is 4.71. The zero-order chi connectivity index (χ0) is 19.9. The van der Waals surface area contributed by atoms with Gasteiger partial charge in [0.25, 0.3) is 0 Å². The van der Waals surface area contributed by atoms with Gasteiger partial charge in [-0.1, -0.05) is 72.8 Å². The van der Waals surface area contributed by atoms with E-state index in [2.05, 4.69) is 12.1 Å². The Balaban J connectivity index is 2.12. The lowest BCUT2D eigenvalue weighted by Crippen LogP contribution is -1.90. The fourth-order valence-electron chi connectivity index (χ4n) is 3.18. The molecular formula is C26H20N2. The molecule has 0 aromatic heterocycles. The third-order valence-corrected chi connectivity index (χ3v) is 4.71. The van der Waals surface area contributed by atoms with E-state index in [1.807, 2.05) is 98.8 Å². The van der Waals surface area contributed by atoms with E-state index in [0.717, 1.165) is 33.4 Å². The van der Waals surface area contributed by atoms with Gasteiger partial charge in [0.1, 0.15) is 0 Å². The van der Waals surface area contributed by atoms with E-state index in [1.165, 1.54) is 0 Å². The van der Waals surface area contributed by atoms with E-state index in [-0.39, 0.29) is 0 Å². The minimum Gasteiger partial charge on any atom is -0.192 e. The van der Waals surface area contributed by atoms with Crippen molar-refractivity contribution >= 4 is 23.3 Å². The topological polar surface area (TPSA) is 47.6 Å².